The fourth-order valence-electron chi connectivity index (χ4n) is 3.52. The highest BCUT2D eigenvalue weighted by molar-refractivity contribution is 5.68. The van der Waals surface area contributed by atoms with Gasteiger partial charge in [-0.1, -0.05) is 30.3 Å². The summed E-state index contributed by atoms with van der Waals surface area (Å²) in [5.41, 5.74) is 1.32. The van der Waals surface area contributed by atoms with Gasteiger partial charge in [-0.3, -0.25) is 0 Å². The molecule has 1 saturated carbocycles. The van der Waals surface area contributed by atoms with Crippen LogP contribution in [0.3, 0.4) is 0 Å². The van der Waals surface area contributed by atoms with Crippen molar-refractivity contribution < 1.29 is 9.53 Å². The average molecular weight is 287 g/mol. The zero-order chi connectivity index (χ0) is 15.1. The summed E-state index contributed by atoms with van der Waals surface area (Å²) in [4.78, 5) is 14.2. The van der Waals surface area contributed by atoms with Gasteiger partial charge < -0.3 is 9.64 Å². The van der Waals surface area contributed by atoms with Gasteiger partial charge in [0.05, 0.1) is 0 Å². The number of amides is 1. The second-order valence-corrected chi connectivity index (χ2v) is 7.52. The van der Waals surface area contributed by atoms with Crippen LogP contribution in [0.1, 0.15) is 51.5 Å². The van der Waals surface area contributed by atoms with Gasteiger partial charge in [-0.25, -0.2) is 4.79 Å². The van der Waals surface area contributed by atoms with E-state index in [0.29, 0.717) is 11.3 Å². The molecule has 0 radical (unpaired) electrons. The highest BCUT2D eigenvalue weighted by atomic mass is 16.6. The van der Waals surface area contributed by atoms with Crippen LogP contribution in [0.2, 0.25) is 0 Å². The van der Waals surface area contributed by atoms with Gasteiger partial charge in [0.25, 0.3) is 0 Å². The lowest BCUT2D eigenvalue weighted by Crippen LogP contribution is -2.46. The summed E-state index contributed by atoms with van der Waals surface area (Å²) in [6.45, 7) is 7.43. The highest BCUT2D eigenvalue weighted by Crippen LogP contribution is 2.59. The van der Waals surface area contributed by atoms with Gasteiger partial charge in [-0.15, -0.1) is 0 Å². The molecule has 21 heavy (non-hydrogen) atoms. The van der Waals surface area contributed by atoms with E-state index in [9.17, 15) is 4.79 Å². The van der Waals surface area contributed by atoms with E-state index in [0.717, 1.165) is 19.5 Å². The second-order valence-electron chi connectivity index (χ2n) is 7.52. The van der Waals surface area contributed by atoms with Crippen molar-refractivity contribution in [1.82, 2.24) is 4.90 Å². The Morgan fingerprint density at radius 1 is 1.24 bits per heavy atom. The summed E-state index contributed by atoms with van der Waals surface area (Å²) in [7, 11) is 0. The van der Waals surface area contributed by atoms with E-state index >= 15 is 0 Å². The first kappa shape index (κ1) is 14.4. The first-order chi connectivity index (χ1) is 9.90. The maximum atomic E-state index is 12.3. The molecular weight excluding hydrogens is 262 g/mol. The SMILES string of the molecule is CC(C)(C)OC(=O)N1CC[C@H](c2ccccc2)C2(CC2)C1. The second kappa shape index (κ2) is 5.04. The molecule has 1 aromatic rings. The number of nitrogens with zero attached hydrogens (tertiary/aromatic N) is 1. The summed E-state index contributed by atoms with van der Waals surface area (Å²) < 4.78 is 5.53. The third kappa shape index (κ3) is 3.07. The fraction of sp³-hybridized carbons (Fsp3) is 0.611. The molecule has 1 atom stereocenters. The molecule has 1 aliphatic heterocycles. The molecule has 0 bridgehead atoms. The molecule has 1 heterocycles. The predicted molar refractivity (Wildman–Crippen MR) is 83.3 cm³/mol. The smallest absolute Gasteiger partial charge is 0.410 e. The van der Waals surface area contributed by atoms with E-state index in [4.69, 9.17) is 4.74 Å². The number of piperidine rings is 1. The Morgan fingerprint density at radius 2 is 1.90 bits per heavy atom. The third-order valence-corrected chi connectivity index (χ3v) is 4.68. The summed E-state index contributed by atoms with van der Waals surface area (Å²) in [6.07, 6.45) is 3.35. The Kier molecular flexibility index (Phi) is 3.46. The Morgan fingerprint density at radius 3 is 2.48 bits per heavy atom. The number of carbonyl (C=O) groups is 1. The van der Waals surface area contributed by atoms with Gasteiger partial charge in [-0.05, 0) is 56.9 Å². The number of likely N-dealkylation sites (tertiary alicyclic amines) is 1. The van der Waals surface area contributed by atoms with Crippen molar-refractivity contribution in [3.8, 4) is 0 Å². The van der Waals surface area contributed by atoms with Crippen LogP contribution in [-0.2, 0) is 4.74 Å². The number of carbonyl (C=O) groups excluding carboxylic acids is 1. The van der Waals surface area contributed by atoms with E-state index in [1.807, 2.05) is 25.7 Å². The van der Waals surface area contributed by atoms with Gasteiger partial charge in [0.15, 0.2) is 0 Å². The minimum absolute atomic E-state index is 0.153. The molecule has 3 heteroatoms. The minimum Gasteiger partial charge on any atom is -0.444 e. The summed E-state index contributed by atoms with van der Waals surface area (Å²) in [5, 5.41) is 0. The van der Waals surface area contributed by atoms with Crippen molar-refractivity contribution in [1.29, 1.82) is 0 Å². The lowest BCUT2D eigenvalue weighted by atomic mass is 9.78. The van der Waals surface area contributed by atoms with Crippen molar-refractivity contribution in [3.05, 3.63) is 35.9 Å². The number of hydrogen-bond acceptors (Lipinski definition) is 2. The Bertz CT molecular complexity index is 514. The van der Waals surface area contributed by atoms with Crippen LogP contribution < -0.4 is 0 Å². The third-order valence-electron chi connectivity index (χ3n) is 4.68. The average Bonchev–Trinajstić information content (AvgIpc) is 3.17. The molecule has 1 amide bonds. The molecule has 2 fully saturated rings. The largest absolute Gasteiger partial charge is 0.444 e. The van der Waals surface area contributed by atoms with E-state index in [1.165, 1.54) is 18.4 Å². The molecule has 114 valence electrons. The van der Waals surface area contributed by atoms with Crippen LogP contribution >= 0.6 is 0 Å². The highest BCUT2D eigenvalue weighted by Gasteiger charge is 2.53. The quantitative estimate of drug-likeness (QED) is 0.775. The van der Waals surface area contributed by atoms with Gasteiger partial charge in [0.2, 0.25) is 0 Å². The Hall–Kier alpha value is -1.51. The maximum absolute atomic E-state index is 12.3. The first-order valence-corrected chi connectivity index (χ1v) is 7.93. The molecule has 3 nitrogen and oxygen atoms in total. The molecule has 1 aromatic carbocycles. The predicted octanol–water partition coefficient (Wildman–Crippen LogP) is 4.19. The van der Waals surface area contributed by atoms with E-state index in [-0.39, 0.29) is 6.09 Å². The molecule has 2 aliphatic rings. The van der Waals surface area contributed by atoms with Crippen LogP contribution in [-0.4, -0.2) is 29.7 Å². The number of benzene rings is 1. The van der Waals surface area contributed by atoms with Crippen LogP contribution in [0.4, 0.5) is 4.79 Å². The van der Waals surface area contributed by atoms with E-state index in [1.54, 1.807) is 0 Å². The number of rotatable bonds is 1. The van der Waals surface area contributed by atoms with Crippen LogP contribution in [0.25, 0.3) is 0 Å². The first-order valence-electron chi connectivity index (χ1n) is 7.93. The van der Waals surface area contributed by atoms with Crippen molar-refractivity contribution in [2.45, 2.75) is 51.6 Å². The molecule has 0 unspecified atom stereocenters. The van der Waals surface area contributed by atoms with E-state index in [2.05, 4.69) is 30.3 Å². The van der Waals surface area contributed by atoms with Gasteiger partial charge in [0.1, 0.15) is 5.60 Å². The normalized spacial score (nSPS) is 24.0. The molecule has 3 rings (SSSR count). The number of ether oxygens (including phenoxy) is 1. The van der Waals surface area contributed by atoms with Gasteiger partial charge in [-0.2, -0.15) is 0 Å². The Balaban J connectivity index is 1.70. The molecular formula is C18H25NO2. The lowest BCUT2D eigenvalue weighted by Gasteiger charge is -2.40. The molecule has 1 saturated heterocycles. The fourth-order valence-corrected chi connectivity index (χ4v) is 3.52. The Labute approximate surface area is 127 Å². The minimum atomic E-state index is -0.413. The number of hydrogen-bond donors (Lipinski definition) is 0. The van der Waals surface area contributed by atoms with Gasteiger partial charge in [0, 0.05) is 13.1 Å². The van der Waals surface area contributed by atoms with Crippen molar-refractivity contribution in [2.75, 3.05) is 13.1 Å². The molecule has 1 aliphatic carbocycles. The van der Waals surface area contributed by atoms with E-state index < -0.39 is 5.60 Å². The topological polar surface area (TPSA) is 29.5 Å². The molecule has 1 spiro atoms. The van der Waals surface area contributed by atoms with Crippen molar-refractivity contribution in [2.24, 2.45) is 5.41 Å². The standard InChI is InChI=1S/C18H25NO2/c1-17(2,3)21-16(20)19-12-9-15(18(13-19)10-11-18)14-7-5-4-6-8-14/h4-8,15H,9-13H2,1-3H3/t15-/m1/s1. The van der Waals surface area contributed by atoms with Gasteiger partial charge >= 0.3 is 6.09 Å². The van der Waals surface area contributed by atoms with Crippen LogP contribution in [0.15, 0.2) is 30.3 Å². The summed E-state index contributed by atoms with van der Waals surface area (Å²) in [5.74, 6) is 0.595. The zero-order valence-corrected chi connectivity index (χ0v) is 13.3. The van der Waals surface area contributed by atoms with Crippen LogP contribution in [0.5, 0.6) is 0 Å². The maximum Gasteiger partial charge on any atom is 0.410 e. The molecule has 0 N–H and O–H groups in total. The lowest BCUT2D eigenvalue weighted by molar-refractivity contribution is 0.0122. The van der Waals surface area contributed by atoms with Crippen LogP contribution in [0, 0.1) is 5.41 Å². The molecule has 0 aromatic heterocycles. The summed E-state index contributed by atoms with van der Waals surface area (Å²) >= 11 is 0. The van der Waals surface area contributed by atoms with Crippen molar-refractivity contribution >= 4 is 6.09 Å². The zero-order valence-electron chi connectivity index (χ0n) is 13.3. The summed E-state index contributed by atoms with van der Waals surface area (Å²) in [6, 6.07) is 10.8. The monoisotopic (exact) mass is 287 g/mol. The van der Waals surface area contributed by atoms with Crippen molar-refractivity contribution in [3.63, 3.8) is 0 Å².